The third-order valence-electron chi connectivity index (χ3n) is 6.52. The fraction of sp³-hybridized carbons (Fsp3) is 0.320. The lowest BCUT2D eigenvalue weighted by atomic mass is 9.89. The van der Waals surface area contributed by atoms with Gasteiger partial charge in [-0.3, -0.25) is 0 Å². The molecule has 1 fully saturated rings. The molecule has 1 aliphatic carbocycles. The second kappa shape index (κ2) is 8.37. The average molecular weight is 443 g/mol. The SMILES string of the molecule is Oc1ccc(-n2ncc3cnc(Nc4ccc(N5CCOCC5)cc4)nc32)c2c1CCCC2. The van der Waals surface area contributed by atoms with Crippen LogP contribution in [0, 0.1) is 0 Å². The molecule has 8 heteroatoms. The Kier molecular flexibility index (Phi) is 5.07. The van der Waals surface area contributed by atoms with Gasteiger partial charge in [-0.2, -0.15) is 10.1 Å². The summed E-state index contributed by atoms with van der Waals surface area (Å²) in [5.41, 5.74) is 6.05. The molecule has 0 saturated carbocycles. The number of phenolic OH excluding ortho intramolecular Hbond substituents is 1. The van der Waals surface area contributed by atoms with E-state index in [1.807, 2.05) is 22.9 Å². The molecule has 0 bridgehead atoms. The van der Waals surface area contributed by atoms with Crippen LogP contribution in [0.25, 0.3) is 16.7 Å². The van der Waals surface area contributed by atoms with Crippen LogP contribution in [-0.2, 0) is 17.6 Å². The van der Waals surface area contributed by atoms with Crippen LogP contribution in [0.5, 0.6) is 5.75 Å². The number of phenols is 1. The molecule has 2 aliphatic rings. The Hall–Kier alpha value is -3.65. The summed E-state index contributed by atoms with van der Waals surface area (Å²) in [5, 5.41) is 19.1. The average Bonchev–Trinajstić information content (AvgIpc) is 3.29. The largest absolute Gasteiger partial charge is 0.508 e. The standard InChI is InChI=1S/C25H26N6O2/c32-23-10-9-22(20-3-1-2-4-21(20)23)31-24-17(16-27-31)15-26-25(29-24)28-18-5-7-19(8-6-18)30-11-13-33-14-12-30/h5-10,15-16,32H,1-4,11-14H2,(H,26,28,29). The van der Waals surface area contributed by atoms with Gasteiger partial charge in [-0.15, -0.1) is 0 Å². The first kappa shape index (κ1) is 20.0. The second-order valence-corrected chi connectivity index (χ2v) is 8.57. The molecule has 1 saturated heterocycles. The van der Waals surface area contributed by atoms with Crippen molar-refractivity contribution in [1.82, 2.24) is 19.7 Å². The van der Waals surface area contributed by atoms with Crippen molar-refractivity contribution in [2.45, 2.75) is 25.7 Å². The zero-order valence-electron chi connectivity index (χ0n) is 18.4. The maximum Gasteiger partial charge on any atom is 0.229 e. The van der Waals surface area contributed by atoms with Crippen molar-refractivity contribution in [3.63, 3.8) is 0 Å². The zero-order chi connectivity index (χ0) is 22.2. The molecular formula is C25H26N6O2. The molecule has 0 amide bonds. The number of aromatic hydroxyl groups is 1. The van der Waals surface area contributed by atoms with Gasteiger partial charge in [-0.05, 0) is 73.2 Å². The number of fused-ring (bicyclic) bond motifs is 2. The van der Waals surface area contributed by atoms with E-state index in [9.17, 15) is 5.11 Å². The Labute approximate surface area is 191 Å². The Morgan fingerprint density at radius 2 is 1.70 bits per heavy atom. The molecule has 4 aromatic rings. The van der Waals surface area contributed by atoms with Gasteiger partial charge in [0.1, 0.15) is 5.75 Å². The van der Waals surface area contributed by atoms with Crippen LogP contribution in [0.1, 0.15) is 24.0 Å². The number of nitrogens with one attached hydrogen (secondary N) is 1. The van der Waals surface area contributed by atoms with Gasteiger partial charge in [-0.1, -0.05) is 0 Å². The van der Waals surface area contributed by atoms with E-state index in [0.717, 1.165) is 85.5 Å². The Morgan fingerprint density at radius 3 is 2.52 bits per heavy atom. The monoisotopic (exact) mass is 442 g/mol. The van der Waals surface area contributed by atoms with Gasteiger partial charge < -0.3 is 20.1 Å². The van der Waals surface area contributed by atoms with Gasteiger partial charge in [0.15, 0.2) is 5.65 Å². The van der Waals surface area contributed by atoms with Crippen molar-refractivity contribution in [3.05, 3.63) is 59.9 Å². The topological polar surface area (TPSA) is 88.3 Å². The van der Waals surface area contributed by atoms with E-state index in [1.165, 1.54) is 5.69 Å². The first-order valence-electron chi connectivity index (χ1n) is 11.5. The lowest BCUT2D eigenvalue weighted by Gasteiger charge is -2.28. The molecule has 3 heterocycles. The van der Waals surface area contributed by atoms with E-state index >= 15 is 0 Å². The number of hydrogen-bond acceptors (Lipinski definition) is 7. The minimum Gasteiger partial charge on any atom is -0.508 e. The summed E-state index contributed by atoms with van der Waals surface area (Å²) in [6.07, 6.45) is 7.64. The van der Waals surface area contributed by atoms with Gasteiger partial charge in [0, 0.05) is 30.7 Å². The lowest BCUT2D eigenvalue weighted by Crippen LogP contribution is -2.36. The summed E-state index contributed by atoms with van der Waals surface area (Å²) < 4.78 is 7.31. The molecule has 6 rings (SSSR count). The second-order valence-electron chi connectivity index (χ2n) is 8.57. The van der Waals surface area contributed by atoms with Crippen LogP contribution in [-0.4, -0.2) is 51.2 Å². The molecule has 0 atom stereocenters. The van der Waals surface area contributed by atoms with Gasteiger partial charge >= 0.3 is 0 Å². The number of hydrogen-bond donors (Lipinski definition) is 2. The van der Waals surface area contributed by atoms with Crippen molar-refractivity contribution in [3.8, 4) is 11.4 Å². The quantitative estimate of drug-likeness (QED) is 0.494. The maximum atomic E-state index is 10.3. The molecular weight excluding hydrogens is 416 g/mol. The van der Waals surface area contributed by atoms with Crippen molar-refractivity contribution < 1.29 is 9.84 Å². The third kappa shape index (κ3) is 3.76. The molecule has 0 unspecified atom stereocenters. The number of anilines is 3. The maximum absolute atomic E-state index is 10.3. The van der Waals surface area contributed by atoms with E-state index in [0.29, 0.717) is 11.7 Å². The van der Waals surface area contributed by atoms with Crippen molar-refractivity contribution in [1.29, 1.82) is 0 Å². The van der Waals surface area contributed by atoms with Crippen LogP contribution < -0.4 is 10.2 Å². The van der Waals surface area contributed by atoms with E-state index in [-0.39, 0.29) is 0 Å². The van der Waals surface area contributed by atoms with E-state index < -0.39 is 0 Å². The number of rotatable bonds is 4. The smallest absolute Gasteiger partial charge is 0.229 e. The molecule has 0 radical (unpaired) electrons. The molecule has 2 aromatic carbocycles. The number of benzene rings is 2. The zero-order valence-corrected chi connectivity index (χ0v) is 18.4. The molecule has 33 heavy (non-hydrogen) atoms. The highest BCUT2D eigenvalue weighted by Gasteiger charge is 2.20. The number of morpholine rings is 1. The van der Waals surface area contributed by atoms with Gasteiger partial charge in [0.05, 0.1) is 30.5 Å². The minimum atomic E-state index is 0.377. The fourth-order valence-electron chi connectivity index (χ4n) is 4.79. The summed E-state index contributed by atoms with van der Waals surface area (Å²) >= 11 is 0. The summed E-state index contributed by atoms with van der Waals surface area (Å²) in [6.45, 7) is 3.37. The molecule has 168 valence electrons. The predicted molar refractivity (Wildman–Crippen MR) is 128 cm³/mol. The van der Waals surface area contributed by atoms with Crippen molar-refractivity contribution in [2.24, 2.45) is 0 Å². The summed E-state index contributed by atoms with van der Waals surface area (Å²) in [5.74, 6) is 0.901. The Bertz CT molecular complexity index is 1290. The normalized spacial score (nSPS) is 16.1. The van der Waals surface area contributed by atoms with Gasteiger partial charge in [0.25, 0.3) is 0 Å². The number of ether oxygens (including phenoxy) is 1. The van der Waals surface area contributed by atoms with E-state index in [2.05, 4.69) is 32.4 Å². The van der Waals surface area contributed by atoms with Gasteiger partial charge in [-0.25, -0.2) is 9.67 Å². The fourth-order valence-corrected chi connectivity index (χ4v) is 4.79. The van der Waals surface area contributed by atoms with Crippen molar-refractivity contribution in [2.75, 3.05) is 36.5 Å². The van der Waals surface area contributed by atoms with Crippen molar-refractivity contribution >= 4 is 28.4 Å². The van der Waals surface area contributed by atoms with Gasteiger partial charge in [0.2, 0.25) is 5.95 Å². The summed E-state index contributed by atoms with van der Waals surface area (Å²) in [7, 11) is 0. The Morgan fingerprint density at radius 1 is 0.909 bits per heavy atom. The molecule has 2 aromatic heterocycles. The lowest BCUT2D eigenvalue weighted by molar-refractivity contribution is 0.122. The van der Waals surface area contributed by atoms with Crippen LogP contribution in [0.3, 0.4) is 0 Å². The third-order valence-corrected chi connectivity index (χ3v) is 6.52. The Balaban J connectivity index is 1.30. The number of nitrogens with zero attached hydrogens (tertiary/aromatic N) is 5. The van der Waals surface area contributed by atoms with Crippen LogP contribution >= 0.6 is 0 Å². The molecule has 8 nitrogen and oxygen atoms in total. The summed E-state index contributed by atoms with van der Waals surface area (Å²) in [4.78, 5) is 11.6. The molecule has 2 N–H and O–H groups in total. The molecule has 1 aliphatic heterocycles. The van der Waals surface area contributed by atoms with E-state index in [1.54, 1.807) is 18.5 Å². The minimum absolute atomic E-state index is 0.377. The van der Waals surface area contributed by atoms with Crippen LogP contribution in [0.15, 0.2) is 48.8 Å². The predicted octanol–water partition coefficient (Wildman–Crippen LogP) is 3.98. The summed E-state index contributed by atoms with van der Waals surface area (Å²) in [6, 6.07) is 12.0. The number of aromatic nitrogens is 4. The highest BCUT2D eigenvalue weighted by molar-refractivity contribution is 5.77. The van der Waals surface area contributed by atoms with Crippen LogP contribution in [0.2, 0.25) is 0 Å². The first-order valence-corrected chi connectivity index (χ1v) is 11.5. The highest BCUT2D eigenvalue weighted by atomic mass is 16.5. The highest BCUT2D eigenvalue weighted by Crippen LogP contribution is 2.34. The molecule has 0 spiro atoms. The first-order chi connectivity index (χ1) is 16.3. The van der Waals surface area contributed by atoms with Crippen LogP contribution in [0.4, 0.5) is 17.3 Å². The van der Waals surface area contributed by atoms with E-state index in [4.69, 9.17) is 9.72 Å².